The van der Waals surface area contributed by atoms with Crippen LogP contribution in [0.5, 0.6) is 0 Å². The van der Waals surface area contributed by atoms with Crippen LogP contribution in [0.1, 0.15) is 78.6 Å². The average molecular weight is 286 g/mol. The number of carboxylic acids is 2. The summed E-state index contributed by atoms with van der Waals surface area (Å²) in [6, 6.07) is 0. The lowest BCUT2D eigenvalue weighted by atomic mass is 9.72. The van der Waals surface area contributed by atoms with E-state index in [0.29, 0.717) is 6.42 Å². The summed E-state index contributed by atoms with van der Waals surface area (Å²) in [6.07, 6.45) is 8.70. The van der Waals surface area contributed by atoms with Crippen LogP contribution in [0.2, 0.25) is 0 Å². The molecule has 0 aromatic carbocycles. The molecule has 0 aromatic rings. The molecule has 0 bridgehead atoms. The van der Waals surface area contributed by atoms with E-state index in [0.717, 1.165) is 44.9 Å². The summed E-state index contributed by atoms with van der Waals surface area (Å²) in [6.45, 7) is 6.53. The second-order valence-electron chi connectivity index (χ2n) is 5.87. The first-order valence-corrected chi connectivity index (χ1v) is 7.88. The Morgan fingerprint density at radius 3 is 1.55 bits per heavy atom. The monoisotopic (exact) mass is 286 g/mol. The lowest BCUT2D eigenvalue weighted by Crippen LogP contribution is -2.25. The molecule has 0 unspecified atom stereocenters. The smallest absolute Gasteiger partial charge is 0.317 e. The van der Waals surface area contributed by atoms with Gasteiger partial charge in [0.05, 0.1) is 0 Å². The molecule has 4 nitrogen and oxygen atoms in total. The Kier molecular flexibility index (Phi) is 9.26. The van der Waals surface area contributed by atoms with Crippen molar-refractivity contribution in [2.75, 3.05) is 0 Å². The third kappa shape index (κ3) is 6.40. The maximum Gasteiger partial charge on any atom is 0.317 e. The molecule has 0 atom stereocenters. The maximum absolute atomic E-state index is 10.9. The summed E-state index contributed by atoms with van der Waals surface area (Å²) in [5.41, 5.74) is 0.278. The summed E-state index contributed by atoms with van der Waals surface area (Å²) in [5.74, 6) is -3.69. The van der Waals surface area contributed by atoms with Gasteiger partial charge < -0.3 is 10.2 Å². The molecule has 0 aromatic heterocycles. The van der Waals surface area contributed by atoms with Gasteiger partial charge in [-0.05, 0) is 37.5 Å². The number of carbonyl (C=O) groups is 2. The summed E-state index contributed by atoms with van der Waals surface area (Å²) in [7, 11) is 0. The first kappa shape index (κ1) is 18.9. The molecule has 118 valence electrons. The van der Waals surface area contributed by atoms with E-state index in [1.165, 1.54) is 0 Å². The third-order valence-electron chi connectivity index (χ3n) is 4.14. The van der Waals surface area contributed by atoms with Gasteiger partial charge in [0.1, 0.15) is 0 Å². The molecule has 2 N–H and O–H groups in total. The van der Waals surface area contributed by atoms with Gasteiger partial charge in [0.15, 0.2) is 5.92 Å². The van der Waals surface area contributed by atoms with E-state index in [1.807, 2.05) is 0 Å². The van der Waals surface area contributed by atoms with Gasteiger partial charge in [-0.25, -0.2) is 0 Å². The van der Waals surface area contributed by atoms with Crippen molar-refractivity contribution in [1.29, 1.82) is 0 Å². The van der Waals surface area contributed by atoms with Crippen LogP contribution in [-0.2, 0) is 9.59 Å². The standard InChI is InChI=1S/C16H30O4/c1-4-9-16(10-5-2,11-6-3)12-7-8-13(14(17)18)15(19)20/h13H,4-12H2,1-3H3,(H,17,18)(H,19,20). The lowest BCUT2D eigenvalue weighted by molar-refractivity contribution is -0.154. The van der Waals surface area contributed by atoms with Crippen LogP contribution in [0.15, 0.2) is 0 Å². The first-order valence-electron chi connectivity index (χ1n) is 7.88. The number of carboxylic acid groups (broad SMARTS) is 2. The van der Waals surface area contributed by atoms with Crippen LogP contribution in [0, 0.1) is 11.3 Å². The number of rotatable bonds is 12. The van der Waals surface area contributed by atoms with E-state index >= 15 is 0 Å². The van der Waals surface area contributed by atoms with Crippen LogP contribution in [0.4, 0.5) is 0 Å². The van der Waals surface area contributed by atoms with Gasteiger partial charge in [0, 0.05) is 0 Å². The molecule has 0 amide bonds. The fraction of sp³-hybridized carbons (Fsp3) is 0.875. The predicted octanol–water partition coefficient (Wildman–Crippen LogP) is 4.33. The average Bonchev–Trinajstić information content (AvgIpc) is 2.34. The van der Waals surface area contributed by atoms with Crippen molar-refractivity contribution >= 4 is 11.9 Å². The van der Waals surface area contributed by atoms with Crippen molar-refractivity contribution in [3.63, 3.8) is 0 Å². The Labute approximate surface area is 122 Å². The quantitative estimate of drug-likeness (QED) is 0.524. The molecule has 0 aliphatic rings. The molecular formula is C16H30O4. The SMILES string of the molecule is CCCC(CCC)(CCC)CCCC(C(=O)O)C(=O)O. The molecule has 0 saturated heterocycles. The van der Waals surface area contributed by atoms with Gasteiger partial charge in [-0.2, -0.15) is 0 Å². The van der Waals surface area contributed by atoms with E-state index in [1.54, 1.807) is 0 Å². The molecule has 4 heteroatoms. The van der Waals surface area contributed by atoms with Crippen molar-refractivity contribution < 1.29 is 19.8 Å². The highest BCUT2D eigenvalue weighted by Gasteiger charge is 2.30. The minimum Gasteiger partial charge on any atom is -0.481 e. The summed E-state index contributed by atoms with van der Waals surface area (Å²) in [5, 5.41) is 17.8. The van der Waals surface area contributed by atoms with Gasteiger partial charge in [0.2, 0.25) is 0 Å². The second-order valence-corrected chi connectivity index (χ2v) is 5.87. The van der Waals surface area contributed by atoms with Crippen LogP contribution in [0.25, 0.3) is 0 Å². The lowest BCUT2D eigenvalue weighted by Gasteiger charge is -2.34. The second kappa shape index (κ2) is 9.78. The zero-order valence-corrected chi connectivity index (χ0v) is 13.2. The Morgan fingerprint density at radius 2 is 1.25 bits per heavy atom. The van der Waals surface area contributed by atoms with Gasteiger partial charge in [-0.15, -0.1) is 0 Å². The molecule has 0 heterocycles. The van der Waals surface area contributed by atoms with E-state index in [2.05, 4.69) is 20.8 Å². The molecule has 0 aliphatic carbocycles. The highest BCUT2D eigenvalue weighted by Crippen LogP contribution is 2.40. The van der Waals surface area contributed by atoms with Crippen molar-refractivity contribution in [1.82, 2.24) is 0 Å². The molecule has 0 fully saturated rings. The minimum atomic E-state index is -1.25. The molecule has 20 heavy (non-hydrogen) atoms. The topological polar surface area (TPSA) is 74.6 Å². The fourth-order valence-corrected chi connectivity index (χ4v) is 3.37. The van der Waals surface area contributed by atoms with Crippen molar-refractivity contribution in [3.8, 4) is 0 Å². The van der Waals surface area contributed by atoms with Gasteiger partial charge in [-0.3, -0.25) is 9.59 Å². The van der Waals surface area contributed by atoms with Crippen LogP contribution in [0.3, 0.4) is 0 Å². The number of hydrogen-bond donors (Lipinski definition) is 2. The summed E-state index contributed by atoms with van der Waals surface area (Å²) >= 11 is 0. The first-order chi connectivity index (χ1) is 9.42. The highest BCUT2D eigenvalue weighted by atomic mass is 16.4. The minimum absolute atomic E-state index is 0.240. The predicted molar refractivity (Wildman–Crippen MR) is 79.8 cm³/mol. The van der Waals surface area contributed by atoms with Crippen LogP contribution < -0.4 is 0 Å². The van der Waals surface area contributed by atoms with E-state index < -0.39 is 17.9 Å². The van der Waals surface area contributed by atoms with Crippen LogP contribution >= 0.6 is 0 Å². The Morgan fingerprint density at radius 1 is 0.850 bits per heavy atom. The largest absolute Gasteiger partial charge is 0.481 e. The maximum atomic E-state index is 10.9. The van der Waals surface area contributed by atoms with Crippen LogP contribution in [-0.4, -0.2) is 22.2 Å². The molecule has 0 aliphatic heterocycles. The van der Waals surface area contributed by atoms with Gasteiger partial charge >= 0.3 is 11.9 Å². The Bertz CT molecular complexity index is 268. The molecular weight excluding hydrogens is 256 g/mol. The molecule has 0 saturated carbocycles. The van der Waals surface area contributed by atoms with Gasteiger partial charge in [0.25, 0.3) is 0 Å². The zero-order valence-electron chi connectivity index (χ0n) is 13.2. The molecule has 0 radical (unpaired) electrons. The summed E-state index contributed by atoms with van der Waals surface area (Å²) < 4.78 is 0. The van der Waals surface area contributed by atoms with Crippen molar-refractivity contribution in [2.45, 2.75) is 78.6 Å². The van der Waals surface area contributed by atoms with E-state index in [4.69, 9.17) is 10.2 Å². The zero-order chi connectivity index (χ0) is 15.6. The highest BCUT2D eigenvalue weighted by molar-refractivity contribution is 5.92. The molecule has 0 spiro atoms. The number of hydrogen-bond acceptors (Lipinski definition) is 2. The number of aliphatic carboxylic acids is 2. The fourth-order valence-electron chi connectivity index (χ4n) is 3.37. The van der Waals surface area contributed by atoms with E-state index in [-0.39, 0.29) is 11.8 Å². The third-order valence-corrected chi connectivity index (χ3v) is 4.14. The Balaban J connectivity index is 4.58. The Hall–Kier alpha value is -1.06. The summed E-state index contributed by atoms with van der Waals surface area (Å²) in [4.78, 5) is 21.8. The van der Waals surface area contributed by atoms with Gasteiger partial charge in [-0.1, -0.05) is 46.5 Å². The normalized spacial score (nSPS) is 11.8. The van der Waals surface area contributed by atoms with Crippen molar-refractivity contribution in [2.24, 2.45) is 11.3 Å². The van der Waals surface area contributed by atoms with E-state index in [9.17, 15) is 9.59 Å². The molecule has 0 rings (SSSR count). The van der Waals surface area contributed by atoms with Crippen molar-refractivity contribution in [3.05, 3.63) is 0 Å².